The summed E-state index contributed by atoms with van der Waals surface area (Å²) < 4.78 is 10.5. The summed E-state index contributed by atoms with van der Waals surface area (Å²) in [7, 11) is 1.33. The molecule has 0 fully saturated rings. The Kier molecular flexibility index (Phi) is 3.46. The van der Waals surface area contributed by atoms with Gasteiger partial charge in [-0.05, 0) is 30.7 Å². The highest BCUT2D eigenvalue weighted by Gasteiger charge is 2.39. The van der Waals surface area contributed by atoms with Gasteiger partial charge >= 0.3 is 5.97 Å². The topological polar surface area (TPSA) is 84.3 Å². The smallest absolute Gasteiger partial charge is 0.340 e. The van der Waals surface area contributed by atoms with Crippen LogP contribution in [0, 0.1) is 6.92 Å². The van der Waals surface area contributed by atoms with Crippen molar-refractivity contribution in [2.24, 2.45) is 0 Å². The highest BCUT2D eigenvalue weighted by molar-refractivity contribution is 6.08. The Morgan fingerprint density at radius 1 is 1.20 bits per heavy atom. The Labute approximate surface area is 143 Å². The van der Waals surface area contributed by atoms with Gasteiger partial charge in [0, 0.05) is 16.9 Å². The maximum Gasteiger partial charge on any atom is 0.340 e. The van der Waals surface area contributed by atoms with Gasteiger partial charge in [-0.2, -0.15) is 0 Å². The number of para-hydroxylation sites is 1. The molecule has 6 heteroatoms. The van der Waals surface area contributed by atoms with Gasteiger partial charge in [-0.3, -0.25) is 4.79 Å². The van der Waals surface area contributed by atoms with E-state index in [1.165, 1.54) is 7.11 Å². The predicted molar refractivity (Wildman–Crippen MR) is 91.5 cm³/mol. The van der Waals surface area contributed by atoms with Crippen molar-refractivity contribution in [1.29, 1.82) is 0 Å². The maximum atomic E-state index is 12.7. The number of nitrogens with one attached hydrogen (secondary N) is 2. The number of fused-ring (bicyclic) bond motifs is 1. The summed E-state index contributed by atoms with van der Waals surface area (Å²) in [6.07, 6.45) is 1.55. The van der Waals surface area contributed by atoms with Gasteiger partial charge in [0.2, 0.25) is 5.91 Å². The molecule has 2 N–H and O–H groups in total. The summed E-state index contributed by atoms with van der Waals surface area (Å²) in [4.78, 5) is 28.3. The fourth-order valence-electron chi connectivity index (χ4n) is 3.41. The zero-order chi connectivity index (χ0) is 17.6. The molecule has 25 heavy (non-hydrogen) atoms. The minimum atomic E-state index is -0.615. The number of furan rings is 1. The first-order valence-corrected chi connectivity index (χ1v) is 7.86. The van der Waals surface area contributed by atoms with Crippen molar-refractivity contribution in [2.75, 3.05) is 12.4 Å². The molecule has 0 bridgehead atoms. The molecule has 1 aliphatic heterocycles. The van der Waals surface area contributed by atoms with Crippen molar-refractivity contribution < 1.29 is 18.7 Å². The number of benzene rings is 1. The average Bonchev–Trinajstić information content (AvgIpc) is 3.30. The first kappa shape index (κ1) is 15.3. The molecule has 6 nitrogen and oxygen atoms in total. The number of rotatable bonds is 3. The lowest BCUT2D eigenvalue weighted by molar-refractivity contribution is -0.116. The highest BCUT2D eigenvalue weighted by Crippen LogP contribution is 2.43. The minimum absolute atomic E-state index is 0.182. The lowest BCUT2D eigenvalue weighted by atomic mass is 9.88. The Balaban J connectivity index is 2.00. The van der Waals surface area contributed by atoms with E-state index in [0.717, 1.165) is 11.3 Å². The number of carbonyl (C=O) groups is 2. The second-order valence-corrected chi connectivity index (χ2v) is 5.89. The third kappa shape index (κ3) is 2.26. The Morgan fingerprint density at radius 3 is 2.72 bits per heavy atom. The van der Waals surface area contributed by atoms with E-state index in [1.54, 1.807) is 25.3 Å². The van der Waals surface area contributed by atoms with E-state index >= 15 is 0 Å². The molecule has 0 saturated heterocycles. The van der Waals surface area contributed by atoms with E-state index in [1.807, 2.05) is 24.3 Å². The molecule has 0 aliphatic carbocycles. The van der Waals surface area contributed by atoms with E-state index in [9.17, 15) is 9.59 Å². The van der Waals surface area contributed by atoms with Crippen molar-refractivity contribution in [3.05, 3.63) is 65.0 Å². The van der Waals surface area contributed by atoms with Crippen LogP contribution in [0.2, 0.25) is 0 Å². The number of anilines is 1. The van der Waals surface area contributed by atoms with E-state index in [4.69, 9.17) is 9.15 Å². The second kappa shape index (κ2) is 5.66. The fraction of sp³-hybridized carbons (Fsp3) is 0.158. The number of hydrogen-bond acceptors (Lipinski definition) is 4. The van der Waals surface area contributed by atoms with Crippen LogP contribution in [0.15, 0.2) is 47.1 Å². The maximum absolute atomic E-state index is 12.7. The van der Waals surface area contributed by atoms with Crippen LogP contribution in [0.5, 0.6) is 0 Å². The number of methoxy groups -OCH3 is 1. The number of aromatic amines is 1. The summed E-state index contributed by atoms with van der Waals surface area (Å²) in [5, 5.41) is 2.88. The first-order chi connectivity index (χ1) is 12.1. The number of esters is 1. The number of aryl methyl sites for hydroxylation is 1. The summed E-state index contributed by atoms with van der Waals surface area (Å²) in [6.45, 7) is 1.78. The molecule has 4 rings (SSSR count). The summed E-state index contributed by atoms with van der Waals surface area (Å²) >= 11 is 0. The second-order valence-electron chi connectivity index (χ2n) is 5.89. The molecular formula is C19H16N2O4. The van der Waals surface area contributed by atoms with Gasteiger partial charge in [0.1, 0.15) is 5.76 Å². The van der Waals surface area contributed by atoms with Gasteiger partial charge in [-0.25, -0.2) is 4.79 Å². The standard InChI is InChI=1S/C19H16N2O4/c1-10-14(19(23)24-2)16(17(20-10)13-8-5-9-25-13)15-11-6-3-4-7-12(11)21-18(15)22/h3-9,15,20H,1-2H3,(H,21,22)/t15-/m1/s1. The summed E-state index contributed by atoms with van der Waals surface area (Å²) in [5.74, 6) is -0.724. The fourth-order valence-corrected chi connectivity index (χ4v) is 3.41. The molecule has 3 heterocycles. The van der Waals surface area contributed by atoms with E-state index in [0.29, 0.717) is 28.3 Å². The van der Waals surface area contributed by atoms with Gasteiger partial charge in [0.15, 0.2) is 0 Å². The third-order valence-electron chi connectivity index (χ3n) is 4.46. The zero-order valence-corrected chi connectivity index (χ0v) is 13.8. The van der Waals surface area contributed by atoms with Gasteiger partial charge in [-0.1, -0.05) is 18.2 Å². The number of aromatic nitrogens is 1. The molecule has 0 radical (unpaired) electrons. The Bertz CT molecular complexity index is 969. The van der Waals surface area contributed by atoms with E-state index in [2.05, 4.69) is 10.3 Å². The van der Waals surface area contributed by atoms with Crippen LogP contribution in [0.25, 0.3) is 11.5 Å². The van der Waals surface area contributed by atoms with Gasteiger partial charge < -0.3 is 19.5 Å². The van der Waals surface area contributed by atoms with Crippen LogP contribution < -0.4 is 5.32 Å². The first-order valence-electron chi connectivity index (χ1n) is 7.86. The molecule has 0 spiro atoms. The summed E-state index contributed by atoms with van der Waals surface area (Å²) in [6, 6.07) is 11.0. The lowest BCUT2D eigenvalue weighted by Gasteiger charge is -2.12. The molecule has 1 aromatic carbocycles. The summed E-state index contributed by atoms with van der Waals surface area (Å²) in [5.41, 5.74) is 3.75. The van der Waals surface area contributed by atoms with Crippen molar-refractivity contribution in [3.8, 4) is 11.5 Å². The molecular weight excluding hydrogens is 320 g/mol. The van der Waals surface area contributed by atoms with Crippen molar-refractivity contribution in [3.63, 3.8) is 0 Å². The monoisotopic (exact) mass is 336 g/mol. The zero-order valence-electron chi connectivity index (χ0n) is 13.8. The van der Waals surface area contributed by atoms with Crippen LogP contribution in [0.4, 0.5) is 5.69 Å². The van der Waals surface area contributed by atoms with E-state index in [-0.39, 0.29) is 5.91 Å². The van der Waals surface area contributed by atoms with Gasteiger partial charge in [0.25, 0.3) is 0 Å². The average molecular weight is 336 g/mol. The molecule has 2 aromatic heterocycles. The number of carbonyl (C=O) groups excluding carboxylic acids is 2. The SMILES string of the molecule is COC(=O)c1c(C)[nH]c(-c2ccco2)c1[C@@H]1C(=O)Nc2ccccc21. The van der Waals surface area contributed by atoms with Crippen LogP contribution in [0.3, 0.4) is 0 Å². The number of hydrogen-bond donors (Lipinski definition) is 2. The molecule has 3 aromatic rings. The molecule has 1 atom stereocenters. The van der Waals surface area contributed by atoms with Crippen molar-refractivity contribution in [1.82, 2.24) is 4.98 Å². The van der Waals surface area contributed by atoms with E-state index < -0.39 is 11.9 Å². The normalized spacial score (nSPS) is 15.8. The number of ether oxygens (including phenoxy) is 1. The molecule has 0 saturated carbocycles. The van der Waals surface area contributed by atoms with Crippen LogP contribution in [-0.4, -0.2) is 24.0 Å². The Morgan fingerprint density at radius 2 is 2.00 bits per heavy atom. The van der Waals surface area contributed by atoms with Crippen molar-refractivity contribution >= 4 is 17.6 Å². The Hall–Kier alpha value is -3.28. The quantitative estimate of drug-likeness (QED) is 0.718. The highest BCUT2D eigenvalue weighted by atomic mass is 16.5. The van der Waals surface area contributed by atoms with Crippen molar-refractivity contribution in [2.45, 2.75) is 12.8 Å². The predicted octanol–water partition coefficient (Wildman–Crippen LogP) is 3.45. The molecule has 1 amide bonds. The molecule has 0 unspecified atom stereocenters. The molecule has 1 aliphatic rings. The molecule has 126 valence electrons. The van der Waals surface area contributed by atoms with Crippen LogP contribution in [0.1, 0.15) is 33.1 Å². The van der Waals surface area contributed by atoms with Crippen LogP contribution in [-0.2, 0) is 9.53 Å². The van der Waals surface area contributed by atoms with Crippen LogP contribution >= 0.6 is 0 Å². The largest absolute Gasteiger partial charge is 0.465 e. The minimum Gasteiger partial charge on any atom is -0.465 e. The lowest BCUT2D eigenvalue weighted by Crippen LogP contribution is -2.17. The van der Waals surface area contributed by atoms with Gasteiger partial charge in [0.05, 0.1) is 30.5 Å². The number of H-pyrrole nitrogens is 1. The third-order valence-corrected chi connectivity index (χ3v) is 4.46. The van der Waals surface area contributed by atoms with Gasteiger partial charge in [-0.15, -0.1) is 0 Å². The number of amides is 1.